The van der Waals surface area contributed by atoms with Crippen LogP contribution in [0.3, 0.4) is 0 Å². The molecule has 1 N–H and O–H groups in total. The van der Waals surface area contributed by atoms with Gasteiger partial charge in [0.1, 0.15) is 0 Å². The average Bonchev–Trinajstić information content (AvgIpc) is 2.83. The van der Waals surface area contributed by atoms with E-state index in [4.69, 9.17) is 0 Å². The fourth-order valence-corrected chi connectivity index (χ4v) is 2.80. The van der Waals surface area contributed by atoms with Crippen LogP contribution < -0.4 is 5.32 Å². The largest absolute Gasteiger partial charge is 0.310 e. The van der Waals surface area contributed by atoms with Crippen LogP contribution in [-0.2, 0) is 18.9 Å². The molecule has 21 heavy (non-hydrogen) atoms. The smallest absolute Gasteiger partial charge is 0.0643 e. The Labute approximate surface area is 128 Å². The highest BCUT2D eigenvalue weighted by molar-refractivity contribution is 5.36. The lowest BCUT2D eigenvalue weighted by molar-refractivity contribution is 0.511. The average molecular weight is 285 g/mol. The van der Waals surface area contributed by atoms with Crippen molar-refractivity contribution in [3.63, 3.8) is 0 Å². The van der Waals surface area contributed by atoms with Crippen LogP contribution in [-0.4, -0.2) is 16.3 Å². The summed E-state index contributed by atoms with van der Waals surface area (Å²) in [5.41, 5.74) is 4.07. The lowest BCUT2D eigenvalue weighted by Crippen LogP contribution is -2.27. The summed E-state index contributed by atoms with van der Waals surface area (Å²) < 4.78 is 1.87. The van der Waals surface area contributed by atoms with Crippen LogP contribution in [0.1, 0.15) is 50.6 Å². The second-order valence-electron chi connectivity index (χ2n) is 6.63. The molecule has 0 aliphatic rings. The molecule has 2 rings (SSSR count). The molecule has 0 saturated heterocycles. The number of hydrogen-bond acceptors (Lipinski definition) is 2. The molecular formula is C18H27N3. The highest BCUT2D eigenvalue weighted by atomic mass is 15.2. The Bertz CT molecular complexity index is 578. The second kappa shape index (κ2) is 6.44. The molecule has 1 atom stereocenters. The molecule has 2 aromatic rings. The summed E-state index contributed by atoms with van der Waals surface area (Å²) in [6.45, 7) is 9.93. The van der Waals surface area contributed by atoms with E-state index in [1.54, 1.807) is 0 Å². The van der Waals surface area contributed by atoms with E-state index in [2.05, 4.69) is 68.4 Å². The Balaban J connectivity index is 2.34. The van der Waals surface area contributed by atoms with Crippen molar-refractivity contribution in [2.24, 2.45) is 7.05 Å². The molecule has 0 saturated carbocycles. The molecule has 1 heterocycles. The maximum atomic E-state index is 4.53. The van der Waals surface area contributed by atoms with Gasteiger partial charge in [0.25, 0.3) is 0 Å². The third-order valence-corrected chi connectivity index (χ3v) is 3.78. The van der Waals surface area contributed by atoms with E-state index in [0.29, 0.717) is 6.04 Å². The molecule has 3 nitrogen and oxygen atoms in total. The van der Waals surface area contributed by atoms with Crippen molar-refractivity contribution in [2.75, 3.05) is 6.54 Å². The van der Waals surface area contributed by atoms with Gasteiger partial charge >= 0.3 is 0 Å². The van der Waals surface area contributed by atoms with Gasteiger partial charge in [-0.05, 0) is 29.2 Å². The highest BCUT2D eigenvalue weighted by Gasteiger charge is 2.22. The minimum Gasteiger partial charge on any atom is -0.310 e. The quantitative estimate of drug-likeness (QED) is 0.909. The van der Waals surface area contributed by atoms with Gasteiger partial charge in [-0.3, -0.25) is 4.68 Å². The van der Waals surface area contributed by atoms with E-state index in [1.807, 2.05) is 17.9 Å². The van der Waals surface area contributed by atoms with Crippen LogP contribution in [0.15, 0.2) is 36.5 Å². The van der Waals surface area contributed by atoms with Crippen molar-refractivity contribution in [3.8, 4) is 0 Å². The van der Waals surface area contributed by atoms with Crippen molar-refractivity contribution in [1.29, 1.82) is 0 Å². The van der Waals surface area contributed by atoms with Crippen molar-refractivity contribution in [2.45, 2.75) is 45.6 Å². The first-order valence-electron chi connectivity index (χ1n) is 7.73. The zero-order valence-corrected chi connectivity index (χ0v) is 13.9. The molecule has 0 bridgehead atoms. The van der Waals surface area contributed by atoms with Crippen LogP contribution in [0.2, 0.25) is 0 Å². The molecule has 114 valence electrons. The predicted octanol–water partition coefficient (Wildman–Crippen LogP) is 3.61. The van der Waals surface area contributed by atoms with Gasteiger partial charge in [0.2, 0.25) is 0 Å². The zero-order chi connectivity index (χ0) is 15.5. The minimum absolute atomic E-state index is 0.147. The lowest BCUT2D eigenvalue weighted by atomic mass is 9.81. The topological polar surface area (TPSA) is 29.9 Å². The number of aryl methyl sites for hydroxylation is 1. The van der Waals surface area contributed by atoms with E-state index >= 15 is 0 Å². The van der Waals surface area contributed by atoms with E-state index in [1.165, 1.54) is 11.1 Å². The third kappa shape index (κ3) is 3.94. The fourth-order valence-electron chi connectivity index (χ4n) is 2.80. The Morgan fingerprint density at radius 1 is 1.19 bits per heavy atom. The number of likely N-dealkylation sites (N-methyl/N-ethyl adjacent to an activating group) is 1. The predicted molar refractivity (Wildman–Crippen MR) is 88.5 cm³/mol. The van der Waals surface area contributed by atoms with Gasteiger partial charge in [0.15, 0.2) is 0 Å². The third-order valence-electron chi connectivity index (χ3n) is 3.78. The van der Waals surface area contributed by atoms with E-state index in [-0.39, 0.29) is 5.41 Å². The number of nitrogens with one attached hydrogen (secondary N) is 1. The molecule has 1 aromatic heterocycles. The van der Waals surface area contributed by atoms with Gasteiger partial charge in [-0.1, -0.05) is 52.0 Å². The number of nitrogens with zero attached hydrogens (tertiary/aromatic N) is 2. The molecule has 0 aliphatic heterocycles. The van der Waals surface area contributed by atoms with Crippen LogP contribution in [0.5, 0.6) is 0 Å². The first-order valence-corrected chi connectivity index (χ1v) is 7.73. The van der Waals surface area contributed by atoms with Crippen molar-refractivity contribution in [1.82, 2.24) is 15.1 Å². The van der Waals surface area contributed by atoms with Crippen LogP contribution in [0.25, 0.3) is 0 Å². The summed E-state index contributed by atoms with van der Waals surface area (Å²) in [7, 11) is 1.97. The van der Waals surface area contributed by atoms with Crippen LogP contribution in [0, 0.1) is 0 Å². The Hall–Kier alpha value is -1.61. The zero-order valence-electron chi connectivity index (χ0n) is 13.9. The van der Waals surface area contributed by atoms with E-state index < -0.39 is 0 Å². The summed E-state index contributed by atoms with van der Waals surface area (Å²) >= 11 is 0. The molecule has 0 amide bonds. The summed E-state index contributed by atoms with van der Waals surface area (Å²) in [5.74, 6) is 0. The Morgan fingerprint density at radius 2 is 1.90 bits per heavy atom. The lowest BCUT2D eigenvalue weighted by Gasteiger charge is -2.27. The molecular weight excluding hydrogens is 258 g/mol. The van der Waals surface area contributed by atoms with Crippen molar-refractivity contribution >= 4 is 0 Å². The summed E-state index contributed by atoms with van der Waals surface area (Å²) in [4.78, 5) is 0. The maximum Gasteiger partial charge on any atom is 0.0643 e. The van der Waals surface area contributed by atoms with Gasteiger partial charge < -0.3 is 5.32 Å². The molecule has 0 spiro atoms. The molecule has 3 heteroatoms. The first kappa shape index (κ1) is 15.8. The number of rotatable bonds is 5. The minimum atomic E-state index is 0.147. The molecule has 0 fully saturated rings. The van der Waals surface area contributed by atoms with E-state index in [9.17, 15) is 0 Å². The SMILES string of the molecule is CCNC(Cc1ccn(C)n1)c1ccccc1C(C)(C)C. The normalized spacial score (nSPS) is 13.4. The standard InChI is InChI=1S/C18H27N3/c1-6-19-17(13-14-11-12-21(5)20-14)15-9-7-8-10-16(15)18(2,3)4/h7-12,17,19H,6,13H2,1-5H3. The van der Waals surface area contributed by atoms with Crippen LogP contribution in [0.4, 0.5) is 0 Å². The molecule has 0 aliphatic carbocycles. The summed E-state index contributed by atoms with van der Waals surface area (Å²) in [6, 6.07) is 11.2. The van der Waals surface area contributed by atoms with Crippen molar-refractivity contribution < 1.29 is 0 Å². The summed E-state index contributed by atoms with van der Waals surface area (Å²) in [6.07, 6.45) is 2.93. The highest BCUT2D eigenvalue weighted by Crippen LogP contribution is 2.30. The molecule has 1 aromatic carbocycles. The van der Waals surface area contributed by atoms with Gasteiger partial charge in [-0.25, -0.2) is 0 Å². The fraction of sp³-hybridized carbons (Fsp3) is 0.500. The van der Waals surface area contributed by atoms with Crippen LogP contribution >= 0.6 is 0 Å². The maximum absolute atomic E-state index is 4.53. The number of benzene rings is 1. The first-order chi connectivity index (χ1) is 9.91. The monoisotopic (exact) mass is 285 g/mol. The van der Waals surface area contributed by atoms with Gasteiger partial charge in [0.05, 0.1) is 5.69 Å². The second-order valence-corrected chi connectivity index (χ2v) is 6.63. The number of aromatic nitrogens is 2. The van der Waals surface area contributed by atoms with E-state index in [0.717, 1.165) is 18.7 Å². The number of hydrogen-bond donors (Lipinski definition) is 1. The summed E-state index contributed by atoms with van der Waals surface area (Å²) in [5, 5.41) is 8.15. The van der Waals surface area contributed by atoms with Gasteiger partial charge in [-0.15, -0.1) is 0 Å². The van der Waals surface area contributed by atoms with Crippen molar-refractivity contribution in [3.05, 3.63) is 53.3 Å². The Morgan fingerprint density at radius 3 is 2.48 bits per heavy atom. The Kier molecular flexibility index (Phi) is 4.84. The molecule has 1 unspecified atom stereocenters. The van der Waals surface area contributed by atoms with Gasteiger partial charge in [0, 0.05) is 25.7 Å². The van der Waals surface area contributed by atoms with Gasteiger partial charge in [-0.2, -0.15) is 5.10 Å². The molecule has 0 radical (unpaired) electrons.